The number of aliphatic hydroxyl groups excluding tert-OH is 1. The van der Waals surface area contributed by atoms with Crippen LogP contribution in [0.1, 0.15) is 43.9 Å². The first-order valence-electron chi connectivity index (χ1n) is 6.11. The van der Waals surface area contributed by atoms with Crippen LogP contribution in [0, 0.1) is 18.7 Å². The van der Waals surface area contributed by atoms with Gasteiger partial charge in [-0.1, -0.05) is 26.0 Å². The van der Waals surface area contributed by atoms with Gasteiger partial charge in [-0.25, -0.2) is 4.39 Å². The van der Waals surface area contributed by atoms with Crippen molar-refractivity contribution in [1.82, 2.24) is 0 Å². The molecule has 0 spiro atoms. The van der Waals surface area contributed by atoms with Crippen molar-refractivity contribution in [3.8, 4) is 0 Å². The molecule has 0 aliphatic heterocycles. The SMILES string of the molecule is Cc1ccc([C@@H](N)[C@@H](O)CCC(C)C)c(F)c1.Cl. The molecule has 104 valence electrons. The summed E-state index contributed by atoms with van der Waals surface area (Å²) in [4.78, 5) is 0. The molecule has 0 amide bonds. The summed E-state index contributed by atoms with van der Waals surface area (Å²) in [6.45, 7) is 6.00. The first-order valence-corrected chi connectivity index (χ1v) is 6.11. The average Bonchev–Trinajstić information content (AvgIpc) is 2.25. The van der Waals surface area contributed by atoms with Crippen LogP contribution < -0.4 is 5.73 Å². The maximum atomic E-state index is 13.7. The minimum atomic E-state index is -0.686. The van der Waals surface area contributed by atoms with Gasteiger partial charge in [0.2, 0.25) is 0 Å². The zero-order valence-electron chi connectivity index (χ0n) is 11.2. The van der Waals surface area contributed by atoms with Crippen LogP contribution >= 0.6 is 12.4 Å². The molecule has 4 heteroatoms. The molecule has 1 aromatic carbocycles. The molecular weight excluding hydrogens is 253 g/mol. The smallest absolute Gasteiger partial charge is 0.128 e. The predicted octanol–water partition coefficient (Wildman–Crippen LogP) is 3.35. The molecule has 0 aromatic heterocycles. The van der Waals surface area contributed by atoms with Crippen molar-refractivity contribution in [2.45, 2.75) is 45.8 Å². The van der Waals surface area contributed by atoms with Crippen molar-refractivity contribution in [3.63, 3.8) is 0 Å². The molecule has 2 atom stereocenters. The number of halogens is 2. The minimum absolute atomic E-state index is 0. The normalized spacial score (nSPS) is 14.2. The van der Waals surface area contributed by atoms with Crippen molar-refractivity contribution < 1.29 is 9.50 Å². The van der Waals surface area contributed by atoms with Crippen molar-refractivity contribution in [3.05, 3.63) is 35.1 Å². The number of nitrogens with two attached hydrogens (primary N) is 1. The molecule has 0 heterocycles. The van der Waals surface area contributed by atoms with Crippen LogP contribution in [0.15, 0.2) is 18.2 Å². The van der Waals surface area contributed by atoms with E-state index in [0.29, 0.717) is 17.9 Å². The first-order chi connectivity index (χ1) is 7.91. The lowest BCUT2D eigenvalue weighted by Gasteiger charge is -2.20. The highest BCUT2D eigenvalue weighted by molar-refractivity contribution is 5.85. The summed E-state index contributed by atoms with van der Waals surface area (Å²) >= 11 is 0. The number of hydrogen-bond acceptors (Lipinski definition) is 2. The van der Waals surface area contributed by atoms with Gasteiger partial charge >= 0.3 is 0 Å². The highest BCUT2D eigenvalue weighted by atomic mass is 35.5. The standard InChI is InChI=1S/C14H22FNO.ClH/c1-9(2)4-7-13(17)14(16)11-6-5-10(3)8-12(11)15;/h5-6,8-9,13-14,17H,4,7,16H2,1-3H3;1H/t13-,14+;/m0./s1. The van der Waals surface area contributed by atoms with Gasteiger partial charge in [0.25, 0.3) is 0 Å². The molecular formula is C14H23ClFNO. The fraction of sp³-hybridized carbons (Fsp3) is 0.571. The van der Waals surface area contributed by atoms with Gasteiger partial charge in [-0.3, -0.25) is 0 Å². The molecule has 0 aliphatic rings. The van der Waals surface area contributed by atoms with E-state index < -0.39 is 12.1 Å². The molecule has 1 rings (SSSR count). The second-order valence-corrected chi connectivity index (χ2v) is 5.09. The van der Waals surface area contributed by atoms with Crippen LogP contribution in [0.2, 0.25) is 0 Å². The van der Waals surface area contributed by atoms with E-state index in [1.54, 1.807) is 6.07 Å². The largest absolute Gasteiger partial charge is 0.391 e. The van der Waals surface area contributed by atoms with E-state index in [-0.39, 0.29) is 18.2 Å². The maximum Gasteiger partial charge on any atom is 0.128 e. The second kappa shape index (κ2) is 7.72. The Bertz CT molecular complexity index is 371. The van der Waals surface area contributed by atoms with Crippen molar-refractivity contribution in [1.29, 1.82) is 0 Å². The molecule has 0 saturated heterocycles. The van der Waals surface area contributed by atoms with E-state index in [1.807, 2.05) is 13.0 Å². The molecule has 0 radical (unpaired) electrons. The minimum Gasteiger partial charge on any atom is -0.391 e. The topological polar surface area (TPSA) is 46.2 Å². The molecule has 0 saturated carbocycles. The van der Waals surface area contributed by atoms with E-state index in [2.05, 4.69) is 13.8 Å². The summed E-state index contributed by atoms with van der Waals surface area (Å²) in [5.41, 5.74) is 7.14. The summed E-state index contributed by atoms with van der Waals surface area (Å²) < 4.78 is 13.7. The molecule has 3 N–H and O–H groups in total. The van der Waals surface area contributed by atoms with Crippen LogP contribution in [0.5, 0.6) is 0 Å². The van der Waals surface area contributed by atoms with E-state index in [1.165, 1.54) is 6.07 Å². The Labute approximate surface area is 115 Å². The lowest BCUT2D eigenvalue weighted by Crippen LogP contribution is -2.27. The Morgan fingerprint density at radius 3 is 2.39 bits per heavy atom. The van der Waals surface area contributed by atoms with Crippen LogP contribution in [0.3, 0.4) is 0 Å². The van der Waals surface area contributed by atoms with Crippen molar-refractivity contribution in [2.75, 3.05) is 0 Å². The third kappa shape index (κ3) is 4.92. The van der Waals surface area contributed by atoms with Crippen LogP contribution in [-0.4, -0.2) is 11.2 Å². The number of aliphatic hydroxyl groups is 1. The number of benzene rings is 1. The van der Waals surface area contributed by atoms with Gasteiger partial charge in [0.15, 0.2) is 0 Å². The highest BCUT2D eigenvalue weighted by Crippen LogP contribution is 2.22. The number of rotatable bonds is 5. The van der Waals surface area contributed by atoms with Crippen LogP contribution in [0.4, 0.5) is 4.39 Å². The summed E-state index contributed by atoms with van der Waals surface area (Å²) in [5.74, 6) is 0.181. The summed E-state index contributed by atoms with van der Waals surface area (Å²) in [6, 6.07) is 4.28. The molecule has 0 bridgehead atoms. The Morgan fingerprint density at radius 1 is 1.28 bits per heavy atom. The van der Waals surface area contributed by atoms with E-state index in [0.717, 1.165) is 12.0 Å². The Balaban J connectivity index is 0.00000289. The van der Waals surface area contributed by atoms with Crippen molar-refractivity contribution in [2.24, 2.45) is 11.7 Å². The summed E-state index contributed by atoms with van der Waals surface area (Å²) in [5, 5.41) is 9.92. The van der Waals surface area contributed by atoms with Crippen molar-refractivity contribution >= 4 is 12.4 Å². The molecule has 18 heavy (non-hydrogen) atoms. The van der Waals surface area contributed by atoms with Gasteiger partial charge < -0.3 is 10.8 Å². The molecule has 2 nitrogen and oxygen atoms in total. The molecule has 0 fully saturated rings. The maximum absolute atomic E-state index is 13.7. The van der Waals surface area contributed by atoms with E-state index in [4.69, 9.17) is 5.73 Å². The van der Waals surface area contributed by atoms with Gasteiger partial charge in [0.1, 0.15) is 5.82 Å². The first kappa shape index (κ1) is 17.4. The molecule has 1 aromatic rings. The third-order valence-corrected chi connectivity index (χ3v) is 2.97. The highest BCUT2D eigenvalue weighted by Gasteiger charge is 2.20. The average molecular weight is 276 g/mol. The second-order valence-electron chi connectivity index (χ2n) is 5.09. The zero-order valence-corrected chi connectivity index (χ0v) is 12.0. The van der Waals surface area contributed by atoms with Gasteiger partial charge in [-0.15, -0.1) is 12.4 Å². The van der Waals surface area contributed by atoms with E-state index >= 15 is 0 Å². The Kier molecular flexibility index (Phi) is 7.45. The van der Waals surface area contributed by atoms with Crippen LogP contribution in [0.25, 0.3) is 0 Å². The fourth-order valence-corrected chi connectivity index (χ4v) is 1.79. The molecule has 0 aliphatic carbocycles. The summed E-state index contributed by atoms with van der Waals surface area (Å²) in [6.07, 6.45) is 0.809. The molecule has 0 unspecified atom stereocenters. The summed E-state index contributed by atoms with van der Waals surface area (Å²) in [7, 11) is 0. The van der Waals surface area contributed by atoms with Gasteiger partial charge in [-0.2, -0.15) is 0 Å². The van der Waals surface area contributed by atoms with Gasteiger partial charge in [0, 0.05) is 5.56 Å². The Hall–Kier alpha value is -0.640. The lowest BCUT2D eigenvalue weighted by molar-refractivity contribution is 0.127. The zero-order chi connectivity index (χ0) is 13.0. The quantitative estimate of drug-likeness (QED) is 0.866. The monoisotopic (exact) mass is 275 g/mol. The third-order valence-electron chi connectivity index (χ3n) is 2.97. The number of aryl methyl sites for hydroxylation is 1. The van der Waals surface area contributed by atoms with Gasteiger partial charge in [-0.05, 0) is 37.3 Å². The van der Waals surface area contributed by atoms with Crippen LogP contribution in [-0.2, 0) is 0 Å². The predicted molar refractivity (Wildman–Crippen MR) is 75.4 cm³/mol. The lowest BCUT2D eigenvalue weighted by atomic mass is 9.95. The Morgan fingerprint density at radius 2 is 1.89 bits per heavy atom. The van der Waals surface area contributed by atoms with E-state index in [9.17, 15) is 9.50 Å². The van der Waals surface area contributed by atoms with Gasteiger partial charge in [0.05, 0.1) is 12.1 Å². The fourth-order valence-electron chi connectivity index (χ4n) is 1.79. The number of hydrogen-bond donors (Lipinski definition) is 2.